The van der Waals surface area contributed by atoms with Gasteiger partial charge in [0.1, 0.15) is 5.82 Å². The van der Waals surface area contributed by atoms with Gasteiger partial charge in [-0.15, -0.1) is 0 Å². The number of rotatable bonds is 5. The van der Waals surface area contributed by atoms with Crippen LogP contribution in [0.5, 0.6) is 0 Å². The largest absolute Gasteiger partial charge is 0.369 e. The maximum absolute atomic E-state index is 4.55. The number of nitrogens with zero attached hydrogens (tertiary/aromatic N) is 2. The molecule has 1 fully saturated rings. The Labute approximate surface area is 123 Å². The smallest absolute Gasteiger partial charge is 0.125 e. The summed E-state index contributed by atoms with van der Waals surface area (Å²) in [4.78, 5) is 7.06. The normalized spacial score (nSPS) is 18.2. The number of hydrogen-bond acceptors (Lipinski definition) is 3. The summed E-state index contributed by atoms with van der Waals surface area (Å²) >= 11 is 0. The maximum atomic E-state index is 4.55. The molecule has 1 atom stereocenters. The molecule has 2 rings (SSSR count). The van der Waals surface area contributed by atoms with Gasteiger partial charge in [0.2, 0.25) is 0 Å². The van der Waals surface area contributed by atoms with Gasteiger partial charge in [-0.2, -0.15) is 0 Å². The summed E-state index contributed by atoms with van der Waals surface area (Å²) in [5.41, 5.74) is 1.61. The number of hydrogen-bond donors (Lipinski definition) is 1. The molecule has 1 aromatic rings. The average molecular weight is 275 g/mol. The van der Waals surface area contributed by atoms with Crippen LogP contribution in [0, 0.1) is 5.41 Å². The Morgan fingerprint density at radius 1 is 1.25 bits per heavy atom. The average Bonchev–Trinajstić information content (AvgIpc) is 2.91. The zero-order chi connectivity index (χ0) is 14.6. The lowest BCUT2D eigenvalue weighted by Gasteiger charge is -2.27. The van der Waals surface area contributed by atoms with Gasteiger partial charge in [0.15, 0.2) is 0 Å². The van der Waals surface area contributed by atoms with Crippen molar-refractivity contribution < 1.29 is 0 Å². The quantitative estimate of drug-likeness (QED) is 0.887. The summed E-state index contributed by atoms with van der Waals surface area (Å²) in [6, 6.07) is 4.32. The zero-order valence-corrected chi connectivity index (χ0v) is 13.4. The van der Waals surface area contributed by atoms with Crippen LogP contribution in [-0.4, -0.2) is 36.1 Å². The van der Waals surface area contributed by atoms with E-state index in [1.165, 1.54) is 31.5 Å². The second-order valence-corrected chi connectivity index (χ2v) is 7.04. The topological polar surface area (TPSA) is 28.2 Å². The van der Waals surface area contributed by atoms with Crippen LogP contribution >= 0.6 is 0 Å². The van der Waals surface area contributed by atoms with Crippen molar-refractivity contribution in [2.24, 2.45) is 5.41 Å². The molecule has 0 aliphatic carbocycles. The zero-order valence-electron chi connectivity index (χ0n) is 13.4. The molecule has 1 saturated heterocycles. The molecule has 3 heteroatoms. The van der Waals surface area contributed by atoms with Gasteiger partial charge in [-0.1, -0.05) is 33.8 Å². The van der Waals surface area contributed by atoms with E-state index in [0.29, 0.717) is 5.92 Å². The second-order valence-electron chi connectivity index (χ2n) is 7.04. The summed E-state index contributed by atoms with van der Waals surface area (Å²) in [6.45, 7) is 13.7. The Hall–Kier alpha value is -1.09. The van der Waals surface area contributed by atoms with Gasteiger partial charge in [-0.05, 0) is 48.9 Å². The molecular weight excluding hydrogens is 246 g/mol. The van der Waals surface area contributed by atoms with Crippen LogP contribution in [0.25, 0.3) is 0 Å². The molecule has 0 spiro atoms. The van der Waals surface area contributed by atoms with Crippen molar-refractivity contribution in [1.29, 1.82) is 0 Å². The molecule has 0 unspecified atom stereocenters. The Balaban J connectivity index is 1.82. The van der Waals surface area contributed by atoms with Crippen LogP contribution in [0.2, 0.25) is 0 Å². The summed E-state index contributed by atoms with van der Waals surface area (Å²) in [6.07, 6.45) is 4.74. The van der Waals surface area contributed by atoms with Crippen LogP contribution in [-0.2, 0) is 0 Å². The van der Waals surface area contributed by atoms with Gasteiger partial charge in [-0.3, -0.25) is 0 Å². The standard InChI is InChI=1S/C17H29N3/c1-14(17(2,3)4)15-7-8-16(19-13-15)18-9-12-20-10-5-6-11-20/h7-8,13-14H,5-6,9-12H2,1-4H3,(H,18,19)/t14-/m1/s1. The van der Waals surface area contributed by atoms with Crippen LogP contribution in [0.3, 0.4) is 0 Å². The van der Waals surface area contributed by atoms with Gasteiger partial charge in [-0.25, -0.2) is 4.98 Å². The fourth-order valence-electron chi connectivity index (χ4n) is 2.61. The minimum absolute atomic E-state index is 0.284. The third-order valence-electron chi connectivity index (χ3n) is 4.52. The van der Waals surface area contributed by atoms with Gasteiger partial charge in [0, 0.05) is 19.3 Å². The van der Waals surface area contributed by atoms with Crippen molar-refractivity contribution in [2.75, 3.05) is 31.5 Å². The second kappa shape index (κ2) is 6.57. The molecule has 112 valence electrons. The highest BCUT2D eigenvalue weighted by molar-refractivity contribution is 5.36. The van der Waals surface area contributed by atoms with E-state index in [0.717, 1.165) is 18.9 Å². The Kier molecular flexibility index (Phi) is 5.03. The van der Waals surface area contributed by atoms with Crippen LogP contribution in [0.15, 0.2) is 18.3 Å². The van der Waals surface area contributed by atoms with E-state index in [4.69, 9.17) is 0 Å². The Bertz CT molecular complexity index is 399. The molecule has 0 aromatic carbocycles. The molecule has 2 heterocycles. The van der Waals surface area contributed by atoms with E-state index in [1.807, 2.05) is 6.20 Å². The number of likely N-dealkylation sites (tertiary alicyclic amines) is 1. The van der Waals surface area contributed by atoms with Crippen molar-refractivity contribution in [3.8, 4) is 0 Å². The minimum atomic E-state index is 0.284. The maximum Gasteiger partial charge on any atom is 0.125 e. The minimum Gasteiger partial charge on any atom is -0.369 e. The fraction of sp³-hybridized carbons (Fsp3) is 0.706. The molecule has 20 heavy (non-hydrogen) atoms. The molecule has 1 aromatic heterocycles. The molecule has 0 saturated carbocycles. The molecule has 0 radical (unpaired) electrons. The first-order chi connectivity index (χ1) is 9.47. The summed E-state index contributed by atoms with van der Waals surface area (Å²) in [5.74, 6) is 1.52. The van der Waals surface area contributed by atoms with Crippen molar-refractivity contribution in [3.63, 3.8) is 0 Å². The molecule has 3 nitrogen and oxygen atoms in total. The lowest BCUT2D eigenvalue weighted by molar-refractivity contribution is 0.339. The summed E-state index contributed by atoms with van der Waals surface area (Å²) in [7, 11) is 0. The molecular formula is C17H29N3. The predicted molar refractivity (Wildman–Crippen MR) is 86.3 cm³/mol. The first-order valence-electron chi connectivity index (χ1n) is 7.89. The summed E-state index contributed by atoms with van der Waals surface area (Å²) < 4.78 is 0. The molecule has 0 amide bonds. The van der Waals surface area contributed by atoms with Gasteiger partial charge < -0.3 is 10.2 Å². The van der Waals surface area contributed by atoms with Crippen LogP contribution < -0.4 is 5.32 Å². The Morgan fingerprint density at radius 2 is 1.95 bits per heavy atom. The van der Waals surface area contributed by atoms with Crippen LogP contribution in [0.4, 0.5) is 5.82 Å². The van der Waals surface area contributed by atoms with Crippen molar-refractivity contribution in [2.45, 2.75) is 46.5 Å². The highest BCUT2D eigenvalue weighted by Gasteiger charge is 2.21. The third kappa shape index (κ3) is 4.20. The van der Waals surface area contributed by atoms with E-state index in [2.05, 4.69) is 55.0 Å². The SMILES string of the molecule is C[C@H](c1ccc(NCCN2CCCC2)nc1)C(C)(C)C. The molecule has 1 aliphatic heterocycles. The number of pyridine rings is 1. The van der Waals surface area contributed by atoms with Crippen molar-refractivity contribution in [1.82, 2.24) is 9.88 Å². The fourth-order valence-corrected chi connectivity index (χ4v) is 2.61. The van der Waals surface area contributed by atoms with Gasteiger partial charge in [0.25, 0.3) is 0 Å². The molecule has 1 N–H and O–H groups in total. The highest BCUT2D eigenvalue weighted by atomic mass is 15.2. The van der Waals surface area contributed by atoms with Gasteiger partial charge >= 0.3 is 0 Å². The van der Waals surface area contributed by atoms with E-state index >= 15 is 0 Å². The molecule has 1 aliphatic rings. The monoisotopic (exact) mass is 275 g/mol. The first kappa shape index (κ1) is 15.3. The van der Waals surface area contributed by atoms with E-state index in [9.17, 15) is 0 Å². The van der Waals surface area contributed by atoms with Gasteiger partial charge in [0.05, 0.1) is 0 Å². The first-order valence-corrected chi connectivity index (χ1v) is 7.89. The van der Waals surface area contributed by atoms with E-state index < -0.39 is 0 Å². The van der Waals surface area contributed by atoms with E-state index in [1.54, 1.807) is 0 Å². The van der Waals surface area contributed by atoms with E-state index in [-0.39, 0.29) is 5.41 Å². The number of anilines is 1. The van der Waals surface area contributed by atoms with Crippen molar-refractivity contribution >= 4 is 5.82 Å². The third-order valence-corrected chi connectivity index (χ3v) is 4.52. The number of nitrogens with one attached hydrogen (secondary N) is 1. The lowest BCUT2D eigenvalue weighted by atomic mass is 9.78. The highest BCUT2D eigenvalue weighted by Crippen LogP contribution is 2.34. The lowest BCUT2D eigenvalue weighted by Crippen LogP contribution is -2.26. The summed E-state index contributed by atoms with van der Waals surface area (Å²) in [5, 5.41) is 3.42. The number of aromatic nitrogens is 1. The van der Waals surface area contributed by atoms with Crippen LogP contribution in [0.1, 0.15) is 52.0 Å². The Morgan fingerprint density at radius 3 is 2.50 bits per heavy atom. The van der Waals surface area contributed by atoms with Crippen molar-refractivity contribution in [3.05, 3.63) is 23.9 Å². The molecule has 0 bridgehead atoms. The predicted octanol–water partition coefficient (Wildman–Crippen LogP) is 3.74.